The third-order valence-corrected chi connectivity index (χ3v) is 3.80. The van der Waals surface area contributed by atoms with Crippen LogP contribution in [-0.4, -0.2) is 24.0 Å². The molecule has 4 heteroatoms. The molecule has 1 aromatic carbocycles. The fraction of sp³-hybridized carbons (Fsp3) is 0.538. The number of nitrogens with zero attached hydrogens (tertiary/aromatic N) is 1. The fourth-order valence-corrected chi connectivity index (χ4v) is 2.41. The Morgan fingerprint density at radius 3 is 2.65 bits per heavy atom. The van der Waals surface area contributed by atoms with Crippen LogP contribution in [-0.2, 0) is 6.54 Å². The van der Waals surface area contributed by atoms with E-state index in [0.29, 0.717) is 12.0 Å². The summed E-state index contributed by atoms with van der Waals surface area (Å²) in [6.45, 7) is 7.35. The Hall–Kier alpha value is -0.280. The van der Waals surface area contributed by atoms with E-state index < -0.39 is 0 Å². The van der Waals surface area contributed by atoms with Gasteiger partial charge in [0, 0.05) is 30.7 Å². The summed E-state index contributed by atoms with van der Waals surface area (Å²) >= 11 is 6.01. The maximum atomic E-state index is 6.01. The minimum absolute atomic E-state index is 0. The van der Waals surface area contributed by atoms with E-state index in [9.17, 15) is 0 Å². The molecule has 1 fully saturated rings. The van der Waals surface area contributed by atoms with Gasteiger partial charge in [0.25, 0.3) is 0 Å². The van der Waals surface area contributed by atoms with E-state index in [-0.39, 0.29) is 12.4 Å². The van der Waals surface area contributed by atoms with Crippen LogP contribution in [0.5, 0.6) is 0 Å². The van der Waals surface area contributed by atoms with Crippen molar-refractivity contribution in [1.82, 2.24) is 4.90 Å². The lowest BCUT2D eigenvalue weighted by Gasteiger charge is -2.15. The highest BCUT2D eigenvalue weighted by Gasteiger charge is 2.26. The van der Waals surface area contributed by atoms with Crippen LogP contribution in [0.4, 0.5) is 0 Å². The number of rotatable bonds is 2. The van der Waals surface area contributed by atoms with Crippen molar-refractivity contribution in [2.45, 2.75) is 26.4 Å². The van der Waals surface area contributed by atoms with Gasteiger partial charge in [-0.15, -0.1) is 12.4 Å². The number of nitrogens with two attached hydrogens (primary N) is 1. The number of aryl methyl sites for hydroxylation is 1. The van der Waals surface area contributed by atoms with E-state index >= 15 is 0 Å². The molecule has 2 nitrogen and oxygen atoms in total. The third-order valence-electron chi connectivity index (χ3n) is 3.37. The zero-order valence-electron chi connectivity index (χ0n) is 10.3. The highest BCUT2D eigenvalue weighted by Crippen LogP contribution is 2.20. The molecule has 2 atom stereocenters. The molecule has 0 bridgehead atoms. The van der Waals surface area contributed by atoms with Gasteiger partial charge in [-0.1, -0.05) is 30.7 Å². The van der Waals surface area contributed by atoms with Crippen LogP contribution >= 0.6 is 24.0 Å². The van der Waals surface area contributed by atoms with Gasteiger partial charge in [0.15, 0.2) is 0 Å². The van der Waals surface area contributed by atoms with Gasteiger partial charge >= 0.3 is 0 Å². The monoisotopic (exact) mass is 274 g/mol. The summed E-state index contributed by atoms with van der Waals surface area (Å²) in [5, 5.41) is 0.843. The molecule has 0 spiro atoms. The maximum absolute atomic E-state index is 6.01. The van der Waals surface area contributed by atoms with Crippen LogP contribution in [0.1, 0.15) is 18.1 Å². The van der Waals surface area contributed by atoms with Gasteiger partial charge in [0.2, 0.25) is 0 Å². The van der Waals surface area contributed by atoms with Gasteiger partial charge in [-0.3, -0.25) is 4.90 Å². The van der Waals surface area contributed by atoms with E-state index in [1.165, 1.54) is 5.56 Å². The van der Waals surface area contributed by atoms with Crippen LogP contribution < -0.4 is 5.73 Å². The van der Waals surface area contributed by atoms with Crippen molar-refractivity contribution < 1.29 is 0 Å². The second kappa shape index (κ2) is 6.05. The molecule has 1 saturated heterocycles. The van der Waals surface area contributed by atoms with Crippen molar-refractivity contribution in [1.29, 1.82) is 0 Å². The van der Waals surface area contributed by atoms with Crippen LogP contribution in [0.15, 0.2) is 18.2 Å². The highest BCUT2D eigenvalue weighted by atomic mass is 35.5. The molecular weight excluding hydrogens is 255 g/mol. The zero-order valence-corrected chi connectivity index (χ0v) is 11.9. The Balaban J connectivity index is 0.00000144. The molecule has 0 radical (unpaired) electrons. The van der Waals surface area contributed by atoms with Crippen molar-refractivity contribution >= 4 is 24.0 Å². The standard InChI is InChI=1S/C13H19ClN2.ClH/c1-9-5-11(3-4-12(9)14)7-16-6-10(2)13(15)8-16;/h3-5,10,13H,6-8,15H2,1-2H3;1H. The summed E-state index contributed by atoms with van der Waals surface area (Å²) in [7, 11) is 0. The molecule has 2 unspecified atom stereocenters. The SMILES string of the molecule is Cc1cc(CN2CC(C)C(N)C2)ccc1Cl.Cl. The number of likely N-dealkylation sites (tertiary alicyclic amines) is 1. The molecular formula is C13H20Cl2N2. The molecule has 0 aromatic heterocycles. The lowest BCUT2D eigenvalue weighted by atomic mass is 10.1. The number of halogens is 2. The van der Waals surface area contributed by atoms with Gasteiger partial charge in [-0.05, 0) is 30.0 Å². The molecule has 1 aliphatic rings. The van der Waals surface area contributed by atoms with Gasteiger partial charge in [0.1, 0.15) is 0 Å². The molecule has 0 amide bonds. The average molecular weight is 275 g/mol. The van der Waals surface area contributed by atoms with Crippen LogP contribution in [0, 0.1) is 12.8 Å². The van der Waals surface area contributed by atoms with Crippen molar-refractivity contribution in [3.63, 3.8) is 0 Å². The molecule has 0 aliphatic carbocycles. The van der Waals surface area contributed by atoms with E-state index in [1.54, 1.807) is 0 Å². The lowest BCUT2D eigenvalue weighted by molar-refractivity contribution is 0.319. The van der Waals surface area contributed by atoms with Gasteiger partial charge in [-0.25, -0.2) is 0 Å². The molecule has 2 N–H and O–H groups in total. The minimum atomic E-state index is 0. The van der Waals surface area contributed by atoms with Gasteiger partial charge in [0.05, 0.1) is 0 Å². The number of benzene rings is 1. The largest absolute Gasteiger partial charge is 0.326 e. The molecule has 17 heavy (non-hydrogen) atoms. The highest BCUT2D eigenvalue weighted by molar-refractivity contribution is 6.31. The van der Waals surface area contributed by atoms with Crippen molar-refractivity contribution in [2.24, 2.45) is 11.7 Å². The molecule has 96 valence electrons. The normalized spacial score (nSPS) is 24.7. The first-order valence-corrected chi connectivity index (χ1v) is 6.17. The summed E-state index contributed by atoms with van der Waals surface area (Å²) in [5.41, 5.74) is 8.48. The molecule has 2 rings (SSSR count). The third kappa shape index (κ3) is 3.59. The quantitative estimate of drug-likeness (QED) is 0.899. The van der Waals surface area contributed by atoms with E-state index in [0.717, 1.165) is 30.2 Å². The predicted octanol–water partition coefficient (Wildman–Crippen LogP) is 2.85. The second-order valence-electron chi connectivity index (χ2n) is 4.92. The van der Waals surface area contributed by atoms with Crippen LogP contribution in [0.3, 0.4) is 0 Å². The molecule has 0 saturated carbocycles. The topological polar surface area (TPSA) is 29.3 Å². The van der Waals surface area contributed by atoms with E-state index in [4.69, 9.17) is 17.3 Å². The Morgan fingerprint density at radius 1 is 1.41 bits per heavy atom. The average Bonchev–Trinajstić information content (AvgIpc) is 2.52. The fourth-order valence-electron chi connectivity index (χ4n) is 2.29. The van der Waals surface area contributed by atoms with E-state index in [2.05, 4.69) is 24.0 Å². The second-order valence-corrected chi connectivity index (χ2v) is 5.33. The molecule has 1 aromatic rings. The van der Waals surface area contributed by atoms with Crippen LogP contribution in [0.2, 0.25) is 5.02 Å². The Morgan fingerprint density at radius 2 is 2.12 bits per heavy atom. The molecule has 1 heterocycles. The smallest absolute Gasteiger partial charge is 0.0435 e. The summed E-state index contributed by atoms with van der Waals surface area (Å²) in [5.74, 6) is 0.605. The first-order chi connectivity index (χ1) is 7.56. The first-order valence-electron chi connectivity index (χ1n) is 5.79. The predicted molar refractivity (Wildman–Crippen MR) is 75.9 cm³/mol. The Labute approximate surface area is 115 Å². The van der Waals surface area contributed by atoms with E-state index in [1.807, 2.05) is 13.0 Å². The van der Waals surface area contributed by atoms with Crippen molar-refractivity contribution in [3.05, 3.63) is 34.3 Å². The lowest BCUT2D eigenvalue weighted by Crippen LogP contribution is -2.28. The summed E-state index contributed by atoms with van der Waals surface area (Å²) in [6.07, 6.45) is 0. The number of hydrogen-bond donors (Lipinski definition) is 1. The van der Waals surface area contributed by atoms with Crippen molar-refractivity contribution in [2.75, 3.05) is 13.1 Å². The first kappa shape index (κ1) is 14.8. The summed E-state index contributed by atoms with van der Waals surface area (Å²) < 4.78 is 0. The Bertz CT molecular complexity index is 372. The zero-order chi connectivity index (χ0) is 11.7. The van der Waals surface area contributed by atoms with Crippen molar-refractivity contribution in [3.8, 4) is 0 Å². The minimum Gasteiger partial charge on any atom is -0.326 e. The summed E-state index contributed by atoms with van der Waals surface area (Å²) in [4.78, 5) is 2.41. The van der Waals surface area contributed by atoms with Gasteiger partial charge < -0.3 is 5.73 Å². The maximum Gasteiger partial charge on any atom is 0.0435 e. The Kier molecular flexibility index (Phi) is 5.26. The van der Waals surface area contributed by atoms with Crippen LogP contribution in [0.25, 0.3) is 0 Å². The molecule has 1 aliphatic heterocycles. The van der Waals surface area contributed by atoms with Gasteiger partial charge in [-0.2, -0.15) is 0 Å². The number of hydrogen-bond acceptors (Lipinski definition) is 2. The summed E-state index contributed by atoms with van der Waals surface area (Å²) in [6, 6.07) is 6.57.